The number of benzene rings is 2. The Labute approximate surface area is 190 Å². The highest BCUT2D eigenvalue weighted by atomic mass is 16.5. The fourth-order valence-electron chi connectivity index (χ4n) is 4.06. The van der Waals surface area contributed by atoms with Crippen molar-refractivity contribution in [3.05, 3.63) is 78.0 Å². The second-order valence-corrected chi connectivity index (χ2v) is 7.92. The zero-order valence-corrected chi connectivity index (χ0v) is 17.8. The number of carbonyl (C=O) groups excluding carboxylic acids is 1. The molecule has 33 heavy (non-hydrogen) atoms. The average Bonchev–Trinajstić information content (AvgIpc) is 3.42. The zero-order chi connectivity index (χ0) is 22.8. The van der Waals surface area contributed by atoms with Crippen molar-refractivity contribution in [2.75, 3.05) is 6.54 Å². The molecule has 1 saturated heterocycles. The van der Waals surface area contributed by atoms with Crippen molar-refractivity contribution >= 4 is 23.2 Å². The van der Waals surface area contributed by atoms with Gasteiger partial charge >= 0.3 is 6.09 Å². The van der Waals surface area contributed by atoms with Crippen LogP contribution in [-0.4, -0.2) is 43.1 Å². The number of nitrogens with zero attached hydrogens (tertiary/aromatic N) is 4. The summed E-state index contributed by atoms with van der Waals surface area (Å²) in [5, 5.41) is 9.82. The molecule has 0 radical (unpaired) electrons. The van der Waals surface area contributed by atoms with Gasteiger partial charge in [-0.3, -0.25) is 4.79 Å². The minimum atomic E-state index is -1.16. The second-order valence-electron chi connectivity index (χ2n) is 7.92. The van der Waals surface area contributed by atoms with Crippen molar-refractivity contribution in [1.29, 1.82) is 0 Å². The molecule has 0 atom stereocenters. The van der Waals surface area contributed by atoms with E-state index in [1.54, 1.807) is 18.2 Å². The van der Waals surface area contributed by atoms with Crippen molar-refractivity contribution in [3.8, 4) is 17.1 Å². The van der Waals surface area contributed by atoms with Crippen LogP contribution in [0.1, 0.15) is 24.0 Å². The van der Waals surface area contributed by atoms with Crippen molar-refractivity contribution < 1.29 is 19.4 Å². The first kappa shape index (κ1) is 20.7. The number of carbonyl (C=O) groups is 2. The van der Waals surface area contributed by atoms with Crippen LogP contribution >= 0.6 is 0 Å². The summed E-state index contributed by atoms with van der Waals surface area (Å²) in [6.07, 6.45) is 1.79. The maximum Gasteiger partial charge on any atom is 0.419 e. The lowest BCUT2D eigenvalue weighted by Crippen LogP contribution is -2.24. The third-order valence-corrected chi connectivity index (χ3v) is 5.70. The number of hydrogen-bond acceptors (Lipinski definition) is 5. The molecule has 2 aromatic carbocycles. The van der Waals surface area contributed by atoms with E-state index < -0.39 is 6.09 Å². The van der Waals surface area contributed by atoms with Crippen LogP contribution in [0.2, 0.25) is 0 Å². The highest BCUT2D eigenvalue weighted by Gasteiger charge is 2.23. The van der Waals surface area contributed by atoms with E-state index in [1.807, 2.05) is 47.4 Å². The molecule has 1 fully saturated rings. The van der Waals surface area contributed by atoms with Crippen LogP contribution in [0.5, 0.6) is 5.75 Å². The normalized spacial score (nSPS) is 13.6. The molecule has 0 saturated carbocycles. The molecule has 8 heteroatoms. The number of pyridine rings is 1. The molecule has 166 valence electrons. The maximum absolute atomic E-state index is 12.2. The van der Waals surface area contributed by atoms with Crippen molar-refractivity contribution in [2.24, 2.45) is 0 Å². The molecular formula is C25H22N4O4. The van der Waals surface area contributed by atoms with Crippen LogP contribution in [0.4, 0.5) is 4.79 Å². The first-order valence-corrected chi connectivity index (χ1v) is 10.7. The Balaban J connectivity index is 1.55. The minimum Gasteiger partial charge on any atom is -0.489 e. The Morgan fingerprint density at radius 1 is 1.09 bits per heavy atom. The van der Waals surface area contributed by atoms with Gasteiger partial charge in [-0.2, -0.15) is 0 Å². The minimum absolute atomic E-state index is 0.131. The Morgan fingerprint density at radius 2 is 1.94 bits per heavy atom. The van der Waals surface area contributed by atoms with Gasteiger partial charge in [0.15, 0.2) is 11.5 Å². The molecular weight excluding hydrogens is 420 g/mol. The monoisotopic (exact) mass is 442 g/mol. The molecule has 0 unspecified atom stereocenters. The summed E-state index contributed by atoms with van der Waals surface area (Å²) >= 11 is 0. The lowest BCUT2D eigenvalue weighted by molar-refractivity contribution is -0.128. The summed E-state index contributed by atoms with van der Waals surface area (Å²) in [4.78, 5) is 34.7. The largest absolute Gasteiger partial charge is 0.489 e. The van der Waals surface area contributed by atoms with Crippen LogP contribution in [0.3, 0.4) is 0 Å². The Hall–Kier alpha value is -4.20. The predicted molar refractivity (Wildman–Crippen MR) is 122 cm³/mol. The van der Waals surface area contributed by atoms with Gasteiger partial charge < -0.3 is 14.7 Å². The number of carboxylic acid groups (broad SMARTS) is 1. The van der Waals surface area contributed by atoms with E-state index in [4.69, 9.17) is 4.74 Å². The molecule has 1 N–H and O–H groups in total. The molecule has 3 heterocycles. The number of aromatic nitrogens is 3. The van der Waals surface area contributed by atoms with E-state index in [1.165, 1.54) is 6.20 Å². The second kappa shape index (κ2) is 8.74. The first-order valence-electron chi connectivity index (χ1n) is 10.7. The summed E-state index contributed by atoms with van der Waals surface area (Å²) < 4.78 is 7.25. The highest BCUT2D eigenvalue weighted by molar-refractivity contribution is 5.89. The molecule has 8 nitrogen and oxygen atoms in total. The van der Waals surface area contributed by atoms with Gasteiger partial charge in [0.2, 0.25) is 5.91 Å². The van der Waals surface area contributed by atoms with E-state index in [2.05, 4.69) is 9.97 Å². The van der Waals surface area contributed by atoms with E-state index in [0.717, 1.165) is 28.7 Å². The van der Waals surface area contributed by atoms with E-state index in [9.17, 15) is 14.7 Å². The number of fused-ring (bicyclic) bond motifs is 1. The summed E-state index contributed by atoms with van der Waals surface area (Å²) in [5.74, 6) is 0.990. The fourth-order valence-corrected chi connectivity index (χ4v) is 4.06. The molecule has 1 amide bonds. The van der Waals surface area contributed by atoms with Crippen LogP contribution in [0.25, 0.3) is 22.6 Å². The summed E-state index contributed by atoms with van der Waals surface area (Å²) in [7, 11) is 0. The molecule has 2 aromatic heterocycles. The molecule has 1 aliphatic rings. The Bertz CT molecular complexity index is 1330. The number of imidazole rings is 1. The van der Waals surface area contributed by atoms with Gasteiger partial charge in [-0.1, -0.05) is 42.5 Å². The first-order chi connectivity index (χ1) is 16.1. The van der Waals surface area contributed by atoms with Gasteiger partial charge in [0, 0.05) is 36.8 Å². The Morgan fingerprint density at radius 3 is 2.70 bits per heavy atom. The predicted octanol–water partition coefficient (Wildman–Crippen LogP) is 4.33. The SMILES string of the molecule is O=C1CCCN1Cc1ccc(-c2nc3cccnc3n2C(=O)O)cc1OCc1ccccc1. The van der Waals surface area contributed by atoms with Gasteiger partial charge in [0.25, 0.3) is 0 Å². The van der Waals surface area contributed by atoms with Crippen molar-refractivity contribution in [3.63, 3.8) is 0 Å². The van der Waals surface area contributed by atoms with Crippen LogP contribution < -0.4 is 4.74 Å². The van der Waals surface area contributed by atoms with Crippen LogP contribution in [-0.2, 0) is 17.9 Å². The standard InChI is InChI=1S/C25H22N4O4/c30-22-9-5-13-28(22)15-19-11-10-18(14-21(19)33-16-17-6-2-1-3-7-17)23-27-20-8-4-12-26-24(20)29(23)25(31)32/h1-4,6-8,10-12,14H,5,9,13,15-16H2,(H,31,32). The van der Waals surface area contributed by atoms with Crippen LogP contribution in [0.15, 0.2) is 66.9 Å². The highest BCUT2D eigenvalue weighted by Crippen LogP contribution is 2.31. The van der Waals surface area contributed by atoms with Crippen molar-refractivity contribution in [1.82, 2.24) is 19.4 Å². The topological polar surface area (TPSA) is 97.6 Å². The molecule has 0 bridgehead atoms. The lowest BCUT2D eigenvalue weighted by atomic mass is 10.1. The Kier molecular flexibility index (Phi) is 5.48. The molecule has 1 aliphatic heterocycles. The number of rotatable bonds is 6. The van der Waals surface area contributed by atoms with Crippen LogP contribution in [0, 0.1) is 0 Å². The fraction of sp³-hybridized carbons (Fsp3) is 0.200. The van der Waals surface area contributed by atoms with Gasteiger partial charge in [0.05, 0.1) is 0 Å². The third-order valence-electron chi connectivity index (χ3n) is 5.70. The maximum atomic E-state index is 12.2. The van der Waals surface area contributed by atoms with E-state index in [0.29, 0.717) is 36.4 Å². The molecule has 0 spiro atoms. The molecule has 0 aliphatic carbocycles. The smallest absolute Gasteiger partial charge is 0.419 e. The average molecular weight is 442 g/mol. The van der Waals surface area contributed by atoms with Gasteiger partial charge in [-0.05, 0) is 30.2 Å². The zero-order valence-electron chi connectivity index (χ0n) is 17.8. The lowest BCUT2D eigenvalue weighted by Gasteiger charge is -2.19. The number of amides is 1. The van der Waals surface area contributed by atoms with Gasteiger partial charge in [-0.25, -0.2) is 19.3 Å². The number of ether oxygens (including phenoxy) is 1. The summed E-state index contributed by atoms with van der Waals surface area (Å²) in [6, 6.07) is 18.7. The molecule has 5 rings (SSSR count). The van der Waals surface area contributed by atoms with Gasteiger partial charge in [-0.15, -0.1) is 0 Å². The summed E-state index contributed by atoms with van der Waals surface area (Å²) in [6.45, 7) is 1.52. The number of hydrogen-bond donors (Lipinski definition) is 1. The quantitative estimate of drug-likeness (QED) is 0.477. The van der Waals surface area contributed by atoms with E-state index in [-0.39, 0.29) is 17.4 Å². The summed E-state index contributed by atoms with van der Waals surface area (Å²) in [5.41, 5.74) is 3.23. The third kappa shape index (κ3) is 4.15. The molecule has 4 aromatic rings. The van der Waals surface area contributed by atoms with Gasteiger partial charge in [0.1, 0.15) is 17.9 Å². The number of likely N-dealkylation sites (tertiary alicyclic amines) is 1. The van der Waals surface area contributed by atoms with Crippen molar-refractivity contribution in [2.45, 2.75) is 26.0 Å². The van der Waals surface area contributed by atoms with E-state index >= 15 is 0 Å².